The van der Waals surface area contributed by atoms with Gasteiger partial charge in [-0.1, -0.05) is 41.9 Å². The molecule has 1 N–H and O–H groups in total. The monoisotopic (exact) mass is 442 g/mol. The minimum Gasteiger partial charge on any atom is -0.394 e. The van der Waals surface area contributed by atoms with E-state index in [2.05, 4.69) is 22.3 Å². The Kier molecular flexibility index (Phi) is 8.73. The highest BCUT2D eigenvalue weighted by atomic mass is 35.5. The molecule has 0 spiro atoms. The number of benzene rings is 2. The van der Waals surface area contributed by atoms with Gasteiger partial charge in [-0.2, -0.15) is 0 Å². The van der Waals surface area contributed by atoms with Gasteiger partial charge in [-0.15, -0.1) is 10.2 Å². The van der Waals surface area contributed by atoms with Crippen LogP contribution in [0.15, 0.2) is 53.5 Å². The molecule has 1 aromatic heterocycles. The Morgan fingerprint density at radius 1 is 1.03 bits per heavy atom. The van der Waals surface area contributed by atoms with Crippen LogP contribution in [0.4, 0.5) is 0 Å². The average molecular weight is 443 g/mol. The number of aliphatic hydroxyl groups excluding tert-OH is 1. The first-order valence-electron chi connectivity index (χ1n) is 10.2. The first-order valence-corrected chi connectivity index (χ1v) is 10.6. The lowest BCUT2D eigenvalue weighted by molar-refractivity contribution is 0.0370. The fourth-order valence-corrected chi connectivity index (χ4v) is 3.39. The van der Waals surface area contributed by atoms with Crippen LogP contribution in [-0.2, 0) is 16.0 Å². The second kappa shape index (κ2) is 11.7. The van der Waals surface area contributed by atoms with E-state index in [1.54, 1.807) is 0 Å². The smallest absolute Gasteiger partial charge is 0.159 e. The van der Waals surface area contributed by atoms with Crippen molar-refractivity contribution in [1.82, 2.24) is 14.8 Å². The molecule has 7 nitrogen and oxygen atoms in total. The summed E-state index contributed by atoms with van der Waals surface area (Å²) < 4.78 is 11.9. The second-order valence-electron chi connectivity index (χ2n) is 6.72. The number of nitrogens with zero attached hydrogens (tertiary/aromatic N) is 4. The van der Waals surface area contributed by atoms with Crippen molar-refractivity contribution in [3.05, 3.63) is 76.3 Å². The van der Waals surface area contributed by atoms with E-state index >= 15 is 0 Å². The fraction of sp³-hybridized carbons (Fsp3) is 0.348. The molecule has 4 rings (SSSR count). The minimum absolute atomic E-state index is 0.0894. The van der Waals surface area contributed by atoms with Gasteiger partial charge in [0.15, 0.2) is 5.82 Å². The maximum absolute atomic E-state index is 8.26. The number of fused-ring (bicyclic) bond motifs is 3. The van der Waals surface area contributed by atoms with Crippen molar-refractivity contribution in [1.29, 1.82) is 0 Å². The van der Waals surface area contributed by atoms with Gasteiger partial charge in [0.25, 0.3) is 0 Å². The van der Waals surface area contributed by atoms with Crippen LogP contribution in [0.1, 0.15) is 29.7 Å². The van der Waals surface area contributed by atoms with Gasteiger partial charge in [-0.3, -0.25) is 9.56 Å². The molecule has 0 fully saturated rings. The standard InChI is InChI=1S/C17H13ClN4.C6H14O3/c1-11-20-21-16-10-19-17(12-5-3-2-4-6-12)14-9-13(18)7-8-15(14)22(11)16;1-2-8-5-6-9-4-3-7/h2-9H,10H2,1H3;7H,2-6H2,1H3. The number of aliphatic hydroxyl groups is 1. The van der Waals surface area contributed by atoms with Crippen LogP contribution in [0.25, 0.3) is 5.69 Å². The summed E-state index contributed by atoms with van der Waals surface area (Å²) >= 11 is 6.23. The molecule has 31 heavy (non-hydrogen) atoms. The third kappa shape index (κ3) is 5.98. The summed E-state index contributed by atoms with van der Waals surface area (Å²) in [6, 6.07) is 16.0. The van der Waals surface area contributed by atoms with E-state index in [0.29, 0.717) is 31.4 Å². The molecular weight excluding hydrogens is 416 g/mol. The van der Waals surface area contributed by atoms with Crippen molar-refractivity contribution in [3.63, 3.8) is 0 Å². The van der Waals surface area contributed by atoms with Gasteiger partial charge in [-0.05, 0) is 32.0 Å². The van der Waals surface area contributed by atoms with Crippen molar-refractivity contribution >= 4 is 17.3 Å². The van der Waals surface area contributed by atoms with Crippen LogP contribution in [0.5, 0.6) is 0 Å². The quantitative estimate of drug-likeness (QED) is 0.565. The number of ether oxygens (including phenoxy) is 2. The van der Waals surface area contributed by atoms with E-state index in [9.17, 15) is 0 Å². The lowest BCUT2D eigenvalue weighted by atomic mass is 10.0. The van der Waals surface area contributed by atoms with Gasteiger partial charge in [0.1, 0.15) is 12.4 Å². The summed E-state index contributed by atoms with van der Waals surface area (Å²) in [5.74, 6) is 1.69. The largest absolute Gasteiger partial charge is 0.394 e. The van der Waals surface area contributed by atoms with Gasteiger partial charge in [0.05, 0.1) is 37.8 Å². The van der Waals surface area contributed by atoms with Crippen molar-refractivity contribution in [2.24, 2.45) is 4.99 Å². The van der Waals surface area contributed by atoms with E-state index in [0.717, 1.165) is 40.8 Å². The van der Waals surface area contributed by atoms with Gasteiger partial charge in [0, 0.05) is 22.8 Å². The molecule has 1 aliphatic heterocycles. The first kappa shape index (κ1) is 23.1. The lowest BCUT2D eigenvalue weighted by Crippen LogP contribution is -2.08. The molecule has 0 saturated heterocycles. The predicted octanol–water partition coefficient (Wildman–Crippen LogP) is 3.61. The van der Waals surface area contributed by atoms with Crippen LogP contribution >= 0.6 is 11.6 Å². The molecular formula is C23H27ClN4O3. The number of aryl methyl sites for hydroxylation is 1. The highest BCUT2D eigenvalue weighted by Crippen LogP contribution is 2.27. The SMILES string of the molecule is CCOCCOCCO.Cc1nnc2n1-c1ccc(Cl)cc1C(c1ccccc1)=NC2. The number of hydrogen-bond donors (Lipinski definition) is 1. The van der Waals surface area contributed by atoms with Crippen LogP contribution in [0.2, 0.25) is 5.02 Å². The molecule has 164 valence electrons. The topological polar surface area (TPSA) is 81.8 Å². The Labute approximate surface area is 187 Å². The Morgan fingerprint density at radius 2 is 1.81 bits per heavy atom. The van der Waals surface area contributed by atoms with Crippen molar-refractivity contribution in [2.75, 3.05) is 33.0 Å². The highest BCUT2D eigenvalue weighted by Gasteiger charge is 2.21. The summed E-state index contributed by atoms with van der Waals surface area (Å²) in [4.78, 5) is 4.77. The van der Waals surface area contributed by atoms with Gasteiger partial charge < -0.3 is 14.6 Å². The molecule has 0 aliphatic carbocycles. The predicted molar refractivity (Wildman–Crippen MR) is 121 cm³/mol. The molecule has 8 heteroatoms. The fourth-order valence-electron chi connectivity index (χ4n) is 3.22. The zero-order valence-electron chi connectivity index (χ0n) is 17.8. The Bertz CT molecular complexity index is 999. The van der Waals surface area contributed by atoms with E-state index in [1.165, 1.54) is 0 Å². The summed E-state index contributed by atoms with van der Waals surface area (Å²) in [6.45, 7) is 6.80. The van der Waals surface area contributed by atoms with Gasteiger partial charge >= 0.3 is 0 Å². The number of aliphatic imine (C=N–C) groups is 1. The summed E-state index contributed by atoms with van der Waals surface area (Å²) in [7, 11) is 0. The van der Waals surface area contributed by atoms with Crippen molar-refractivity contribution in [3.8, 4) is 5.69 Å². The van der Waals surface area contributed by atoms with Crippen LogP contribution in [0, 0.1) is 6.92 Å². The van der Waals surface area contributed by atoms with Gasteiger partial charge in [-0.25, -0.2) is 0 Å². The molecule has 2 aromatic carbocycles. The molecule has 2 heterocycles. The van der Waals surface area contributed by atoms with Crippen molar-refractivity contribution < 1.29 is 14.6 Å². The Hall–Kier alpha value is -2.58. The summed E-state index contributed by atoms with van der Waals surface area (Å²) in [5.41, 5.74) is 4.02. The third-order valence-corrected chi connectivity index (χ3v) is 4.82. The molecule has 3 aromatic rings. The van der Waals surface area contributed by atoms with Crippen LogP contribution < -0.4 is 0 Å². The molecule has 0 saturated carbocycles. The second-order valence-corrected chi connectivity index (χ2v) is 7.16. The zero-order chi connectivity index (χ0) is 22.1. The maximum atomic E-state index is 8.26. The lowest BCUT2D eigenvalue weighted by Gasteiger charge is -2.12. The Morgan fingerprint density at radius 3 is 2.55 bits per heavy atom. The number of rotatable bonds is 7. The Balaban J connectivity index is 0.000000259. The molecule has 0 radical (unpaired) electrons. The number of halogens is 1. The summed E-state index contributed by atoms with van der Waals surface area (Å²) in [6.07, 6.45) is 0. The molecule has 0 amide bonds. The van der Waals surface area contributed by atoms with Crippen LogP contribution in [-0.4, -0.2) is 58.6 Å². The van der Waals surface area contributed by atoms with Gasteiger partial charge in [0.2, 0.25) is 0 Å². The van der Waals surface area contributed by atoms with Crippen molar-refractivity contribution in [2.45, 2.75) is 20.4 Å². The third-order valence-electron chi connectivity index (χ3n) is 4.58. The molecule has 0 bridgehead atoms. The number of hydrogen-bond acceptors (Lipinski definition) is 6. The molecule has 0 atom stereocenters. The average Bonchev–Trinajstić information content (AvgIpc) is 3.07. The number of aromatic nitrogens is 3. The highest BCUT2D eigenvalue weighted by molar-refractivity contribution is 6.31. The van der Waals surface area contributed by atoms with Crippen LogP contribution in [0.3, 0.4) is 0 Å². The zero-order valence-corrected chi connectivity index (χ0v) is 18.5. The summed E-state index contributed by atoms with van der Waals surface area (Å²) in [5, 5.41) is 17.4. The first-order chi connectivity index (χ1) is 15.2. The molecule has 0 unspecified atom stereocenters. The minimum atomic E-state index is 0.0894. The van der Waals surface area contributed by atoms with E-state index in [1.807, 2.05) is 54.8 Å². The normalized spacial score (nSPS) is 12.2. The maximum Gasteiger partial charge on any atom is 0.159 e. The molecule has 1 aliphatic rings. The van der Waals surface area contributed by atoms with E-state index in [4.69, 9.17) is 31.2 Å². The van der Waals surface area contributed by atoms with E-state index in [-0.39, 0.29) is 6.61 Å². The van der Waals surface area contributed by atoms with E-state index < -0.39 is 0 Å².